The standard InChI is InChI=1S/C25H28ClN5O4S/c1-17(2)31(24(34)21-7-4-12-35-21)15-22(32)28-25-27-19(16-36-25)14-23(33)30-10-8-29(9-11-30)20-6-3-5-18(26)13-20/h3-7,12-13,16-17H,8-11,14-15H2,1-2H3,(H,27,28,32). The number of nitrogens with one attached hydrogen (secondary N) is 1. The molecule has 190 valence electrons. The van der Waals surface area contributed by atoms with E-state index in [0.717, 1.165) is 18.8 Å². The zero-order chi connectivity index (χ0) is 25.7. The Hall–Kier alpha value is -3.37. The number of piperazine rings is 1. The Morgan fingerprint density at radius 3 is 2.61 bits per heavy atom. The quantitative estimate of drug-likeness (QED) is 0.477. The predicted molar refractivity (Wildman–Crippen MR) is 140 cm³/mol. The minimum atomic E-state index is -0.368. The van der Waals surface area contributed by atoms with Crippen LogP contribution in [-0.4, -0.2) is 71.3 Å². The summed E-state index contributed by atoms with van der Waals surface area (Å²) in [6.45, 7) is 6.22. The Morgan fingerprint density at radius 1 is 1.17 bits per heavy atom. The van der Waals surface area contributed by atoms with E-state index in [1.165, 1.54) is 22.5 Å². The predicted octanol–water partition coefficient (Wildman–Crippen LogP) is 3.77. The van der Waals surface area contributed by atoms with Crippen molar-refractivity contribution in [2.24, 2.45) is 0 Å². The second-order valence-electron chi connectivity index (χ2n) is 8.72. The second-order valence-corrected chi connectivity index (χ2v) is 10.0. The molecule has 36 heavy (non-hydrogen) atoms. The first kappa shape index (κ1) is 25.7. The van der Waals surface area contributed by atoms with Crippen LogP contribution in [0.1, 0.15) is 30.1 Å². The highest BCUT2D eigenvalue weighted by Gasteiger charge is 2.25. The van der Waals surface area contributed by atoms with Gasteiger partial charge in [0.2, 0.25) is 11.8 Å². The topological polar surface area (TPSA) is 99.0 Å². The van der Waals surface area contributed by atoms with E-state index in [1.54, 1.807) is 17.5 Å². The molecule has 1 aliphatic rings. The van der Waals surface area contributed by atoms with Gasteiger partial charge in [0.05, 0.1) is 18.4 Å². The Labute approximate surface area is 218 Å². The van der Waals surface area contributed by atoms with Crippen LogP contribution in [0.5, 0.6) is 0 Å². The van der Waals surface area contributed by atoms with E-state index < -0.39 is 0 Å². The molecule has 1 saturated heterocycles. The van der Waals surface area contributed by atoms with Crippen molar-refractivity contribution >= 4 is 51.5 Å². The molecule has 0 unspecified atom stereocenters. The Balaban J connectivity index is 1.27. The number of carbonyl (C=O) groups excluding carboxylic acids is 3. The van der Waals surface area contributed by atoms with E-state index in [0.29, 0.717) is 28.9 Å². The molecular weight excluding hydrogens is 502 g/mol. The second kappa shape index (κ2) is 11.6. The number of benzene rings is 1. The van der Waals surface area contributed by atoms with E-state index in [1.807, 2.05) is 43.0 Å². The fraction of sp³-hybridized carbons (Fsp3) is 0.360. The van der Waals surface area contributed by atoms with Crippen molar-refractivity contribution in [2.75, 3.05) is 42.9 Å². The molecule has 0 radical (unpaired) electrons. The molecule has 3 amide bonds. The van der Waals surface area contributed by atoms with Crippen LogP contribution in [-0.2, 0) is 16.0 Å². The molecule has 4 rings (SSSR count). The molecule has 1 aromatic carbocycles. The first-order valence-corrected chi connectivity index (χ1v) is 12.9. The third kappa shape index (κ3) is 6.44. The van der Waals surface area contributed by atoms with Crippen LogP contribution >= 0.6 is 22.9 Å². The number of amides is 3. The molecule has 9 nitrogen and oxygen atoms in total. The SMILES string of the molecule is CC(C)N(CC(=O)Nc1nc(CC(=O)N2CCN(c3cccc(Cl)c3)CC2)cs1)C(=O)c1ccco1. The zero-order valence-electron chi connectivity index (χ0n) is 20.1. The number of anilines is 2. The van der Waals surface area contributed by atoms with Crippen LogP contribution in [0, 0.1) is 0 Å². The van der Waals surface area contributed by atoms with Gasteiger partial charge in [0, 0.05) is 48.3 Å². The van der Waals surface area contributed by atoms with Crippen LogP contribution in [0.2, 0.25) is 5.02 Å². The molecule has 3 heterocycles. The lowest BCUT2D eigenvalue weighted by Crippen LogP contribution is -2.49. The van der Waals surface area contributed by atoms with Crippen molar-refractivity contribution in [3.63, 3.8) is 0 Å². The molecular formula is C25H28ClN5O4S. The number of furan rings is 1. The largest absolute Gasteiger partial charge is 0.459 e. The van der Waals surface area contributed by atoms with Gasteiger partial charge >= 0.3 is 0 Å². The molecule has 0 saturated carbocycles. The summed E-state index contributed by atoms with van der Waals surface area (Å²) in [5.41, 5.74) is 1.65. The average Bonchev–Trinajstić information content (AvgIpc) is 3.55. The lowest BCUT2D eigenvalue weighted by molar-refractivity contribution is -0.130. The fourth-order valence-corrected chi connectivity index (χ4v) is 4.85. The molecule has 0 spiro atoms. The first-order valence-electron chi connectivity index (χ1n) is 11.7. The number of nitrogens with zero attached hydrogens (tertiary/aromatic N) is 4. The van der Waals surface area contributed by atoms with Crippen molar-refractivity contribution in [1.82, 2.24) is 14.8 Å². The number of hydrogen-bond acceptors (Lipinski definition) is 7. The van der Waals surface area contributed by atoms with Gasteiger partial charge in [-0.1, -0.05) is 17.7 Å². The number of hydrogen-bond donors (Lipinski definition) is 1. The molecule has 0 aliphatic carbocycles. The van der Waals surface area contributed by atoms with Crippen molar-refractivity contribution in [1.29, 1.82) is 0 Å². The van der Waals surface area contributed by atoms with Gasteiger partial charge in [0.25, 0.3) is 5.91 Å². The zero-order valence-corrected chi connectivity index (χ0v) is 21.7. The molecule has 3 aromatic rings. The van der Waals surface area contributed by atoms with Crippen LogP contribution in [0.3, 0.4) is 0 Å². The summed E-state index contributed by atoms with van der Waals surface area (Å²) in [5.74, 6) is -0.544. The number of rotatable bonds is 8. The summed E-state index contributed by atoms with van der Waals surface area (Å²) in [5, 5.41) is 5.58. The molecule has 0 atom stereocenters. The number of thiazole rings is 1. The fourth-order valence-electron chi connectivity index (χ4n) is 3.94. The number of halogens is 1. The lowest BCUT2D eigenvalue weighted by Gasteiger charge is -2.36. The van der Waals surface area contributed by atoms with Crippen LogP contribution < -0.4 is 10.2 Å². The summed E-state index contributed by atoms with van der Waals surface area (Å²) in [7, 11) is 0. The van der Waals surface area contributed by atoms with Gasteiger partial charge in [-0.3, -0.25) is 14.4 Å². The molecule has 0 bridgehead atoms. The summed E-state index contributed by atoms with van der Waals surface area (Å²) in [4.78, 5) is 47.9. The van der Waals surface area contributed by atoms with Gasteiger partial charge in [-0.25, -0.2) is 4.98 Å². The maximum Gasteiger partial charge on any atom is 0.290 e. The molecule has 1 aliphatic heterocycles. The minimum Gasteiger partial charge on any atom is -0.459 e. The van der Waals surface area contributed by atoms with Crippen LogP contribution in [0.25, 0.3) is 0 Å². The summed E-state index contributed by atoms with van der Waals surface area (Å²) >= 11 is 7.35. The highest BCUT2D eigenvalue weighted by Crippen LogP contribution is 2.22. The van der Waals surface area contributed by atoms with Crippen molar-refractivity contribution in [3.8, 4) is 0 Å². The maximum atomic E-state index is 12.8. The lowest BCUT2D eigenvalue weighted by atomic mass is 10.2. The van der Waals surface area contributed by atoms with Gasteiger partial charge in [-0.2, -0.15) is 0 Å². The molecule has 1 fully saturated rings. The van der Waals surface area contributed by atoms with E-state index >= 15 is 0 Å². The Bertz CT molecular complexity index is 1200. The monoisotopic (exact) mass is 529 g/mol. The van der Waals surface area contributed by atoms with Gasteiger partial charge in [-0.05, 0) is 44.2 Å². The number of carbonyl (C=O) groups is 3. The van der Waals surface area contributed by atoms with Crippen molar-refractivity contribution in [3.05, 3.63) is 64.5 Å². The third-order valence-corrected chi connectivity index (χ3v) is 6.91. The van der Waals surface area contributed by atoms with Crippen LogP contribution in [0.4, 0.5) is 10.8 Å². The van der Waals surface area contributed by atoms with Crippen LogP contribution in [0.15, 0.2) is 52.5 Å². The van der Waals surface area contributed by atoms with Gasteiger partial charge < -0.3 is 24.4 Å². The van der Waals surface area contributed by atoms with Gasteiger partial charge in [0.1, 0.15) is 6.54 Å². The van der Waals surface area contributed by atoms with Crippen molar-refractivity contribution < 1.29 is 18.8 Å². The molecule has 2 aromatic heterocycles. The van der Waals surface area contributed by atoms with Gasteiger partial charge in [0.15, 0.2) is 10.9 Å². The van der Waals surface area contributed by atoms with Gasteiger partial charge in [-0.15, -0.1) is 11.3 Å². The normalized spacial score (nSPS) is 13.7. The summed E-state index contributed by atoms with van der Waals surface area (Å²) < 4.78 is 5.17. The van der Waals surface area contributed by atoms with Crippen molar-refractivity contribution in [2.45, 2.75) is 26.3 Å². The highest BCUT2D eigenvalue weighted by atomic mass is 35.5. The van der Waals surface area contributed by atoms with E-state index in [9.17, 15) is 14.4 Å². The Kier molecular flexibility index (Phi) is 8.27. The Morgan fingerprint density at radius 2 is 1.94 bits per heavy atom. The first-order chi connectivity index (χ1) is 17.3. The molecule has 11 heteroatoms. The minimum absolute atomic E-state index is 0.000974. The average molecular weight is 530 g/mol. The van der Waals surface area contributed by atoms with E-state index in [4.69, 9.17) is 16.0 Å². The van der Waals surface area contributed by atoms with E-state index in [2.05, 4.69) is 15.2 Å². The maximum absolute atomic E-state index is 12.8. The molecule has 1 N–H and O–H groups in total. The number of aromatic nitrogens is 1. The highest BCUT2D eigenvalue weighted by molar-refractivity contribution is 7.13. The summed E-state index contributed by atoms with van der Waals surface area (Å²) in [6, 6.07) is 10.7. The smallest absolute Gasteiger partial charge is 0.290 e. The summed E-state index contributed by atoms with van der Waals surface area (Å²) in [6.07, 6.45) is 1.59. The third-order valence-electron chi connectivity index (χ3n) is 5.87. The van der Waals surface area contributed by atoms with E-state index in [-0.39, 0.29) is 42.5 Å².